The lowest BCUT2D eigenvalue weighted by atomic mass is 10.1. The maximum Gasteiger partial charge on any atom is 0.0992 e. The molecule has 4 heteroatoms. The molecule has 0 amide bonds. The molecule has 0 heterocycles. The smallest absolute Gasteiger partial charge is 0.0992 e. The lowest BCUT2D eigenvalue weighted by Crippen LogP contribution is -2.15. The molecule has 0 radical (unpaired) electrons. The Hall–Kier alpha value is -1.83. The first-order valence-electron chi connectivity index (χ1n) is 6.44. The van der Waals surface area contributed by atoms with E-state index in [2.05, 4.69) is 27.3 Å². The largest absolute Gasteiger partial charge is 0.385 e. The second-order valence-electron chi connectivity index (χ2n) is 4.57. The van der Waals surface area contributed by atoms with Crippen molar-refractivity contribution in [1.82, 2.24) is 0 Å². The Balaban J connectivity index is 1.90. The molecule has 0 spiro atoms. The minimum absolute atomic E-state index is 0.0197. The summed E-state index contributed by atoms with van der Waals surface area (Å²) in [5, 5.41) is 12.2. The summed E-state index contributed by atoms with van der Waals surface area (Å²) in [5.74, 6) is 0. The fourth-order valence-corrected chi connectivity index (χ4v) is 2.49. The third kappa shape index (κ3) is 4.09. The number of rotatable bonds is 5. The number of nitrogens with zero attached hydrogens (tertiary/aromatic N) is 1. The van der Waals surface area contributed by atoms with E-state index in [1.54, 1.807) is 6.07 Å². The predicted molar refractivity (Wildman–Crippen MR) is 85.3 cm³/mol. The highest BCUT2D eigenvalue weighted by Crippen LogP contribution is 2.20. The predicted octanol–water partition coefficient (Wildman–Crippen LogP) is 3.82. The molecule has 0 aliphatic heterocycles. The first-order chi connectivity index (χ1) is 9.69. The zero-order chi connectivity index (χ0) is 14.4. The summed E-state index contributed by atoms with van der Waals surface area (Å²) in [6.07, 6.45) is 0.832. The van der Waals surface area contributed by atoms with Gasteiger partial charge in [0.1, 0.15) is 0 Å². The van der Waals surface area contributed by atoms with Gasteiger partial charge in [0.05, 0.1) is 11.6 Å². The number of hydrogen-bond donors (Lipinski definition) is 2. The first-order valence-corrected chi connectivity index (χ1v) is 7.23. The van der Waals surface area contributed by atoms with Crippen LogP contribution in [0.2, 0.25) is 0 Å². The minimum Gasteiger partial charge on any atom is -0.385 e. The van der Waals surface area contributed by atoms with Crippen LogP contribution in [0.4, 0.5) is 5.69 Å². The fraction of sp³-hybridized carbons (Fsp3) is 0.188. The summed E-state index contributed by atoms with van der Waals surface area (Å²) in [7, 11) is 0. The summed E-state index contributed by atoms with van der Waals surface area (Å²) in [6.45, 7) is 0.761. The van der Waals surface area contributed by atoms with Gasteiger partial charge in [-0.05, 0) is 30.2 Å². The highest BCUT2D eigenvalue weighted by atomic mass is 79.9. The SMILES string of the molecule is N#Cc1cc(Br)cc(NCCC(N)c2ccccc2)c1. The van der Waals surface area contributed by atoms with Gasteiger partial charge >= 0.3 is 0 Å². The Bertz CT molecular complexity index is 605. The van der Waals surface area contributed by atoms with Gasteiger partial charge < -0.3 is 11.1 Å². The number of hydrogen-bond acceptors (Lipinski definition) is 3. The van der Waals surface area contributed by atoms with Crippen LogP contribution in [0.15, 0.2) is 53.0 Å². The van der Waals surface area contributed by atoms with Crippen LogP contribution < -0.4 is 11.1 Å². The van der Waals surface area contributed by atoms with E-state index >= 15 is 0 Å². The van der Waals surface area contributed by atoms with Crippen molar-refractivity contribution in [2.45, 2.75) is 12.5 Å². The standard InChI is InChI=1S/C16H16BrN3/c17-14-8-12(11-18)9-15(10-14)20-7-6-16(19)13-4-2-1-3-5-13/h1-5,8-10,16,20H,6-7,19H2. The Kier molecular flexibility index (Phi) is 5.16. The molecular formula is C16H16BrN3. The Labute approximate surface area is 127 Å². The zero-order valence-corrected chi connectivity index (χ0v) is 12.6. The molecule has 1 atom stereocenters. The van der Waals surface area contributed by atoms with Gasteiger partial charge in [0.15, 0.2) is 0 Å². The van der Waals surface area contributed by atoms with Gasteiger partial charge in [0.2, 0.25) is 0 Å². The molecule has 1 unspecified atom stereocenters. The van der Waals surface area contributed by atoms with Gasteiger partial charge in [-0.3, -0.25) is 0 Å². The van der Waals surface area contributed by atoms with Crippen molar-refractivity contribution >= 4 is 21.6 Å². The quantitative estimate of drug-likeness (QED) is 0.876. The zero-order valence-electron chi connectivity index (χ0n) is 11.0. The second kappa shape index (κ2) is 7.09. The average Bonchev–Trinajstić information content (AvgIpc) is 2.47. The van der Waals surface area contributed by atoms with Crippen LogP contribution in [0.1, 0.15) is 23.6 Å². The summed E-state index contributed by atoms with van der Waals surface area (Å²) >= 11 is 3.40. The number of nitrogens with one attached hydrogen (secondary N) is 1. The highest BCUT2D eigenvalue weighted by molar-refractivity contribution is 9.10. The summed E-state index contributed by atoms with van der Waals surface area (Å²) in [6, 6.07) is 17.8. The van der Waals surface area contributed by atoms with Crippen LogP contribution in [-0.4, -0.2) is 6.54 Å². The molecule has 0 aliphatic carbocycles. The van der Waals surface area contributed by atoms with Gasteiger partial charge in [-0.25, -0.2) is 0 Å². The number of nitriles is 1. The van der Waals surface area contributed by atoms with Crippen LogP contribution in [0.25, 0.3) is 0 Å². The van der Waals surface area contributed by atoms with Crippen molar-refractivity contribution in [3.63, 3.8) is 0 Å². The van der Waals surface area contributed by atoms with E-state index in [9.17, 15) is 0 Å². The van der Waals surface area contributed by atoms with Crippen molar-refractivity contribution in [3.05, 3.63) is 64.1 Å². The molecular weight excluding hydrogens is 314 g/mol. The molecule has 0 saturated heterocycles. The van der Waals surface area contributed by atoms with E-state index in [1.807, 2.05) is 42.5 Å². The van der Waals surface area contributed by atoms with Crippen molar-refractivity contribution < 1.29 is 0 Å². The minimum atomic E-state index is 0.0197. The molecule has 0 bridgehead atoms. The summed E-state index contributed by atoms with van der Waals surface area (Å²) in [4.78, 5) is 0. The van der Waals surface area contributed by atoms with Crippen LogP contribution in [0.3, 0.4) is 0 Å². The Morgan fingerprint density at radius 2 is 1.95 bits per heavy atom. The van der Waals surface area contributed by atoms with Crippen molar-refractivity contribution in [2.24, 2.45) is 5.73 Å². The molecule has 2 aromatic rings. The number of nitrogens with two attached hydrogens (primary N) is 1. The van der Waals surface area contributed by atoms with Crippen LogP contribution >= 0.6 is 15.9 Å². The van der Waals surface area contributed by atoms with Crippen molar-refractivity contribution in [1.29, 1.82) is 5.26 Å². The molecule has 3 nitrogen and oxygen atoms in total. The lowest BCUT2D eigenvalue weighted by molar-refractivity contribution is 0.675. The van der Waals surface area contributed by atoms with Crippen molar-refractivity contribution in [2.75, 3.05) is 11.9 Å². The topological polar surface area (TPSA) is 61.8 Å². The van der Waals surface area contributed by atoms with Gasteiger partial charge in [-0.15, -0.1) is 0 Å². The molecule has 0 fully saturated rings. The maximum absolute atomic E-state index is 8.93. The normalized spacial score (nSPS) is 11.7. The molecule has 3 N–H and O–H groups in total. The van der Waals surface area contributed by atoms with Gasteiger partial charge in [-0.1, -0.05) is 46.3 Å². The van der Waals surface area contributed by atoms with E-state index in [4.69, 9.17) is 11.0 Å². The average molecular weight is 330 g/mol. The number of halogens is 1. The molecule has 2 aromatic carbocycles. The van der Waals surface area contributed by atoms with Crippen molar-refractivity contribution in [3.8, 4) is 6.07 Å². The van der Waals surface area contributed by atoms with Gasteiger partial charge in [0, 0.05) is 22.7 Å². The third-order valence-corrected chi connectivity index (χ3v) is 3.50. The fourth-order valence-electron chi connectivity index (χ4n) is 2.00. The molecule has 20 heavy (non-hydrogen) atoms. The highest BCUT2D eigenvalue weighted by Gasteiger charge is 2.05. The second-order valence-corrected chi connectivity index (χ2v) is 5.49. The van der Waals surface area contributed by atoms with Crippen LogP contribution in [0, 0.1) is 11.3 Å². The molecule has 0 aromatic heterocycles. The maximum atomic E-state index is 8.93. The van der Waals surface area contributed by atoms with Gasteiger partial charge in [0.25, 0.3) is 0 Å². The lowest BCUT2D eigenvalue weighted by Gasteiger charge is -2.13. The van der Waals surface area contributed by atoms with E-state index < -0.39 is 0 Å². The Morgan fingerprint density at radius 1 is 1.20 bits per heavy atom. The van der Waals surface area contributed by atoms with Gasteiger partial charge in [-0.2, -0.15) is 5.26 Å². The molecule has 0 saturated carbocycles. The molecule has 102 valence electrons. The first kappa shape index (κ1) is 14.6. The summed E-state index contributed by atoms with van der Waals surface area (Å²) in [5.41, 5.74) is 8.84. The van der Waals surface area contributed by atoms with E-state index in [1.165, 1.54) is 0 Å². The van der Waals surface area contributed by atoms with E-state index in [0.29, 0.717) is 5.56 Å². The third-order valence-electron chi connectivity index (χ3n) is 3.04. The van der Waals surface area contributed by atoms with E-state index in [0.717, 1.165) is 28.7 Å². The number of anilines is 1. The van der Waals surface area contributed by atoms with Crippen LogP contribution in [-0.2, 0) is 0 Å². The molecule has 2 rings (SSSR count). The molecule has 0 aliphatic rings. The monoisotopic (exact) mass is 329 g/mol. The van der Waals surface area contributed by atoms with Crippen LogP contribution in [0.5, 0.6) is 0 Å². The number of benzene rings is 2. The van der Waals surface area contributed by atoms with E-state index in [-0.39, 0.29) is 6.04 Å². The Morgan fingerprint density at radius 3 is 2.65 bits per heavy atom. The summed E-state index contributed by atoms with van der Waals surface area (Å²) < 4.78 is 0.895.